The van der Waals surface area contributed by atoms with Crippen molar-refractivity contribution in [3.8, 4) is 0 Å². The molecule has 136 valence electrons. The molecule has 1 aliphatic heterocycles. The first kappa shape index (κ1) is 18.9. The van der Waals surface area contributed by atoms with Crippen molar-refractivity contribution in [2.24, 2.45) is 0 Å². The third kappa shape index (κ3) is 4.28. The second-order valence-corrected chi connectivity index (χ2v) is 9.90. The maximum absolute atomic E-state index is 12.4. The molecule has 5 nitrogen and oxygen atoms in total. The zero-order chi connectivity index (χ0) is 18.0. The summed E-state index contributed by atoms with van der Waals surface area (Å²) < 4.78 is 44.1. The Bertz CT molecular complexity index is 869. The van der Waals surface area contributed by atoms with E-state index in [0.29, 0.717) is 34.5 Å². The van der Waals surface area contributed by atoms with Crippen molar-refractivity contribution in [2.45, 2.75) is 29.4 Å². The van der Waals surface area contributed by atoms with Crippen molar-refractivity contribution in [3.63, 3.8) is 0 Å². The largest absolute Gasteiger partial charge is 0.447 e. The number of benzene rings is 1. The molecule has 2 aromatic rings. The van der Waals surface area contributed by atoms with Gasteiger partial charge in [0, 0.05) is 39.5 Å². The zero-order valence-electron chi connectivity index (χ0n) is 13.3. The Morgan fingerprint density at radius 2 is 1.68 bits per heavy atom. The standard InChI is InChI=1S/C16H17Cl2NO4S2/c17-14-4-3-5-15(18)13(14)11-24(20)10-12-6-7-16(23-12)25(21,22)19-8-1-2-9-19/h3-7H,1-2,8-11H2/t24-/m0/s1. The lowest BCUT2D eigenvalue weighted by Gasteiger charge is -2.12. The third-order valence-corrected chi connectivity index (χ3v) is 7.66. The Balaban J connectivity index is 1.70. The Kier molecular flexibility index (Phi) is 5.90. The molecule has 0 aliphatic carbocycles. The summed E-state index contributed by atoms with van der Waals surface area (Å²) in [4.78, 5) is 0. The average molecular weight is 422 g/mol. The molecule has 0 N–H and O–H groups in total. The first-order valence-electron chi connectivity index (χ1n) is 7.74. The van der Waals surface area contributed by atoms with Gasteiger partial charge >= 0.3 is 0 Å². The Labute approximate surface area is 159 Å². The molecule has 1 aromatic carbocycles. The molecule has 0 spiro atoms. The minimum atomic E-state index is -3.60. The van der Waals surface area contributed by atoms with Gasteiger partial charge in [-0.25, -0.2) is 8.42 Å². The van der Waals surface area contributed by atoms with Gasteiger partial charge in [-0.3, -0.25) is 4.21 Å². The summed E-state index contributed by atoms with van der Waals surface area (Å²) >= 11 is 12.2. The molecule has 3 rings (SSSR count). The molecule has 2 heterocycles. The molecule has 25 heavy (non-hydrogen) atoms. The molecule has 9 heteroatoms. The normalized spacial score (nSPS) is 17.0. The van der Waals surface area contributed by atoms with Gasteiger partial charge in [0.1, 0.15) is 5.76 Å². The molecular weight excluding hydrogens is 405 g/mol. The van der Waals surface area contributed by atoms with Crippen LogP contribution in [0.4, 0.5) is 0 Å². The first-order valence-corrected chi connectivity index (χ1v) is 11.4. The number of rotatable bonds is 6. The highest BCUT2D eigenvalue weighted by Gasteiger charge is 2.30. The minimum absolute atomic E-state index is 0.0943. The van der Waals surface area contributed by atoms with Gasteiger partial charge in [-0.2, -0.15) is 4.31 Å². The van der Waals surface area contributed by atoms with Crippen molar-refractivity contribution in [2.75, 3.05) is 13.1 Å². The third-order valence-electron chi connectivity index (χ3n) is 3.97. The maximum Gasteiger partial charge on any atom is 0.276 e. The van der Waals surface area contributed by atoms with Gasteiger partial charge in [0.05, 0.1) is 11.5 Å². The molecule has 0 amide bonds. The predicted octanol–water partition coefficient (Wildman–Crippen LogP) is 3.82. The van der Waals surface area contributed by atoms with Crippen molar-refractivity contribution < 1.29 is 17.0 Å². The summed E-state index contributed by atoms with van der Waals surface area (Å²) in [7, 11) is -4.93. The maximum atomic E-state index is 12.4. The zero-order valence-corrected chi connectivity index (χ0v) is 16.4. The highest BCUT2D eigenvalue weighted by molar-refractivity contribution is 7.89. The summed E-state index contributed by atoms with van der Waals surface area (Å²) in [6.45, 7) is 1.02. The summed E-state index contributed by atoms with van der Waals surface area (Å²) in [5.74, 6) is 0.629. The quantitative estimate of drug-likeness (QED) is 0.710. The van der Waals surface area contributed by atoms with Crippen molar-refractivity contribution in [1.29, 1.82) is 0 Å². The second kappa shape index (κ2) is 7.80. The summed E-state index contributed by atoms with van der Waals surface area (Å²) in [5, 5.41) is 0.812. The monoisotopic (exact) mass is 421 g/mol. The predicted molar refractivity (Wildman–Crippen MR) is 98.7 cm³/mol. The van der Waals surface area contributed by atoms with Gasteiger partial charge in [0.15, 0.2) is 0 Å². The smallest absolute Gasteiger partial charge is 0.276 e. The summed E-state index contributed by atoms with van der Waals surface area (Å²) in [6, 6.07) is 8.07. The van der Waals surface area contributed by atoms with Crippen LogP contribution in [0.2, 0.25) is 10.0 Å². The van der Waals surface area contributed by atoms with E-state index >= 15 is 0 Å². The summed E-state index contributed by atoms with van der Waals surface area (Å²) in [6.07, 6.45) is 1.71. The van der Waals surface area contributed by atoms with Crippen LogP contribution in [0.25, 0.3) is 0 Å². The number of halogens is 2. The van der Waals surface area contributed by atoms with E-state index < -0.39 is 20.8 Å². The van der Waals surface area contributed by atoms with Gasteiger partial charge in [-0.15, -0.1) is 0 Å². The van der Waals surface area contributed by atoms with E-state index in [9.17, 15) is 12.6 Å². The van der Waals surface area contributed by atoms with Crippen LogP contribution < -0.4 is 0 Å². The number of hydrogen-bond acceptors (Lipinski definition) is 4. The van der Waals surface area contributed by atoms with Crippen LogP contribution in [0.15, 0.2) is 39.8 Å². The van der Waals surface area contributed by atoms with Gasteiger partial charge in [0.2, 0.25) is 5.09 Å². The summed E-state index contributed by atoms with van der Waals surface area (Å²) in [5.41, 5.74) is 0.612. The molecule has 1 aromatic heterocycles. The van der Waals surface area contributed by atoms with E-state index in [-0.39, 0.29) is 16.6 Å². The van der Waals surface area contributed by atoms with E-state index in [1.165, 1.54) is 10.4 Å². The molecule has 1 fully saturated rings. The fourth-order valence-electron chi connectivity index (χ4n) is 2.67. The van der Waals surface area contributed by atoms with Crippen LogP contribution in [0.5, 0.6) is 0 Å². The van der Waals surface area contributed by atoms with Crippen LogP contribution in [0.3, 0.4) is 0 Å². The lowest BCUT2D eigenvalue weighted by atomic mass is 10.2. The number of sulfonamides is 1. The van der Waals surface area contributed by atoms with Crippen LogP contribution in [0.1, 0.15) is 24.2 Å². The van der Waals surface area contributed by atoms with Crippen LogP contribution in [-0.4, -0.2) is 30.0 Å². The minimum Gasteiger partial charge on any atom is -0.447 e. The molecule has 0 radical (unpaired) electrons. The fraction of sp³-hybridized carbons (Fsp3) is 0.375. The molecular formula is C16H17Cl2NO4S2. The lowest BCUT2D eigenvalue weighted by Crippen LogP contribution is -2.27. The molecule has 1 aliphatic rings. The SMILES string of the molecule is O=[S@@](Cc1ccc(S(=O)(=O)N2CCCC2)o1)Cc1c(Cl)cccc1Cl. The van der Waals surface area contributed by atoms with E-state index in [1.54, 1.807) is 24.3 Å². The van der Waals surface area contributed by atoms with E-state index in [2.05, 4.69) is 0 Å². The van der Waals surface area contributed by atoms with Crippen molar-refractivity contribution in [3.05, 3.63) is 51.7 Å². The number of furan rings is 1. The average Bonchev–Trinajstić information content (AvgIpc) is 3.23. The van der Waals surface area contributed by atoms with E-state index in [4.69, 9.17) is 27.6 Å². The van der Waals surface area contributed by atoms with Gasteiger partial charge < -0.3 is 4.42 Å². The number of nitrogens with zero attached hydrogens (tertiary/aromatic N) is 1. The van der Waals surface area contributed by atoms with Crippen LogP contribution >= 0.6 is 23.2 Å². The highest BCUT2D eigenvalue weighted by Crippen LogP contribution is 2.27. The molecule has 1 saturated heterocycles. The Morgan fingerprint density at radius 3 is 2.32 bits per heavy atom. The van der Waals surface area contributed by atoms with Gasteiger partial charge in [-0.05, 0) is 37.1 Å². The molecule has 1 atom stereocenters. The Morgan fingerprint density at radius 1 is 1.04 bits per heavy atom. The highest BCUT2D eigenvalue weighted by atomic mass is 35.5. The van der Waals surface area contributed by atoms with Crippen molar-refractivity contribution >= 4 is 44.0 Å². The Hall–Kier alpha value is -0.860. The van der Waals surface area contributed by atoms with Crippen molar-refractivity contribution in [1.82, 2.24) is 4.31 Å². The molecule has 0 bridgehead atoms. The van der Waals surface area contributed by atoms with Crippen LogP contribution in [-0.2, 0) is 32.3 Å². The fourth-order valence-corrected chi connectivity index (χ4v) is 6.01. The topological polar surface area (TPSA) is 67.6 Å². The van der Waals surface area contributed by atoms with E-state index in [0.717, 1.165) is 12.8 Å². The lowest BCUT2D eigenvalue weighted by molar-refractivity contribution is 0.396. The molecule has 0 unspecified atom stereocenters. The van der Waals surface area contributed by atoms with Crippen LogP contribution in [0, 0.1) is 0 Å². The van der Waals surface area contributed by atoms with Gasteiger partial charge in [-0.1, -0.05) is 29.3 Å². The molecule has 0 saturated carbocycles. The number of hydrogen-bond donors (Lipinski definition) is 0. The second-order valence-electron chi connectivity index (χ2n) is 5.76. The van der Waals surface area contributed by atoms with Gasteiger partial charge in [0.25, 0.3) is 10.0 Å². The first-order chi connectivity index (χ1) is 11.9. The van der Waals surface area contributed by atoms with E-state index in [1.807, 2.05) is 0 Å².